The van der Waals surface area contributed by atoms with Crippen LogP contribution in [0.4, 0.5) is 0 Å². The molecule has 1 rings (SSSR count). The second kappa shape index (κ2) is 9.37. The summed E-state index contributed by atoms with van der Waals surface area (Å²) in [5.41, 5.74) is 1.29. The maximum absolute atomic E-state index is 10.3. The molecule has 0 fully saturated rings. The van der Waals surface area contributed by atoms with E-state index in [2.05, 4.69) is 24.4 Å². The van der Waals surface area contributed by atoms with Crippen molar-refractivity contribution in [2.45, 2.75) is 45.1 Å². The Kier molecular flexibility index (Phi) is 7.73. The molecule has 0 amide bonds. The van der Waals surface area contributed by atoms with Crippen LogP contribution in [0.15, 0.2) is 24.3 Å². The molecule has 0 spiro atoms. The van der Waals surface area contributed by atoms with Crippen molar-refractivity contribution in [1.29, 1.82) is 0 Å². The fraction of sp³-hybridized carbons (Fsp3) is 0.562. The van der Waals surface area contributed by atoms with Gasteiger partial charge in [0.25, 0.3) is 0 Å². The van der Waals surface area contributed by atoms with Gasteiger partial charge >= 0.3 is 5.97 Å². The first-order chi connectivity index (χ1) is 9.61. The summed E-state index contributed by atoms with van der Waals surface area (Å²) >= 11 is 0. The van der Waals surface area contributed by atoms with E-state index in [0.29, 0.717) is 12.6 Å². The standard InChI is InChI=1S/C16H25NO3/c1-13(17-2)12-14-7-9-15(10-8-14)20-11-5-3-4-6-16(18)19/h7-10,13,17H,3-6,11-12H2,1-2H3,(H,18,19)/t13-/m0/s1. The first kappa shape index (κ1) is 16.5. The zero-order chi connectivity index (χ0) is 14.8. The number of ether oxygens (including phenoxy) is 1. The molecule has 4 nitrogen and oxygen atoms in total. The summed E-state index contributed by atoms with van der Waals surface area (Å²) in [4.78, 5) is 10.3. The summed E-state index contributed by atoms with van der Waals surface area (Å²) in [7, 11) is 1.96. The fourth-order valence-corrected chi connectivity index (χ4v) is 1.92. The predicted octanol–water partition coefficient (Wildman–Crippen LogP) is 2.86. The van der Waals surface area contributed by atoms with E-state index >= 15 is 0 Å². The molecule has 0 bridgehead atoms. The smallest absolute Gasteiger partial charge is 0.303 e. The lowest BCUT2D eigenvalue weighted by Crippen LogP contribution is -2.23. The number of carboxylic acid groups (broad SMARTS) is 1. The third-order valence-corrected chi connectivity index (χ3v) is 3.26. The number of benzene rings is 1. The Morgan fingerprint density at radius 2 is 1.95 bits per heavy atom. The summed E-state index contributed by atoms with van der Waals surface area (Å²) in [6, 6.07) is 8.64. The van der Waals surface area contributed by atoms with Crippen molar-refractivity contribution in [2.24, 2.45) is 0 Å². The van der Waals surface area contributed by atoms with Gasteiger partial charge in [0.2, 0.25) is 0 Å². The third kappa shape index (κ3) is 7.14. The molecule has 0 saturated carbocycles. The van der Waals surface area contributed by atoms with E-state index < -0.39 is 5.97 Å². The summed E-state index contributed by atoms with van der Waals surface area (Å²) in [6.07, 6.45) is 3.76. The summed E-state index contributed by atoms with van der Waals surface area (Å²) in [5, 5.41) is 11.7. The number of unbranched alkanes of at least 4 members (excludes halogenated alkanes) is 2. The van der Waals surface area contributed by atoms with Gasteiger partial charge in [-0.25, -0.2) is 0 Å². The number of carbonyl (C=O) groups is 1. The highest BCUT2D eigenvalue weighted by atomic mass is 16.5. The molecule has 0 heterocycles. The second-order valence-corrected chi connectivity index (χ2v) is 5.09. The maximum Gasteiger partial charge on any atom is 0.303 e. The van der Waals surface area contributed by atoms with Crippen LogP contribution in [-0.2, 0) is 11.2 Å². The van der Waals surface area contributed by atoms with Crippen LogP contribution in [0.5, 0.6) is 5.75 Å². The number of aliphatic carboxylic acids is 1. The van der Waals surface area contributed by atoms with E-state index in [-0.39, 0.29) is 6.42 Å². The molecule has 4 heteroatoms. The lowest BCUT2D eigenvalue weighted by Gasteiger charge is -2.11. The molecule has 0 unspecified atom stereocenters. The number of hydrogen-bond donors (Lipinski definition) is 2. The number of carboxylic acids is 1. The van der Waals surface area contributed by atoms with Gasteiger partial charge in [-0.3, -0.25) is 4.79 Å². The SMILES string of the molecule is CN[C@@H](C)Cc1ccc(OCCCCCC(=O)O)cc1. The summed E-state index contributed by atoms with van der Waals surface area (Å²) in [6.45, 7) is 2.80. The molecule has 112 valence electrons. The van der Waals surface area contributed by atoms with Gasteiger partial charge in [0.15, 0.2) is 0 Å². The van der Waals surface area contributed by atoms with Gasteiger partial charge in [0.05, 0.1) is 6.61 Å². The largest absolute Gasteiger partial charge is 0.494 e. The second-order valence-electron chi connectivity index (χ2n) is 5.09. The van der Waals surface area contributed by atoms with Crippen LogP contribution in [0, 0.1) is 0 Å². The van der Waals surface area contributed by atoms with Crippen molar-refractivity contribution < 1.29 is 14.6 Å². The highest BCUT2D eigenvalue weighted by Gasteiger charge is 2.01. The van der Waals surface area contributed by atoms with Crippen molar-refractivity contribution in [3.8, 4) is 5.75 Å². The Bertz CT molecular complexity index is 389. The zero-order valence-electron chi connectivity index (χ0n) is 12.4. The van der Waals surface area contributed by atoms with E-state index in [1.165, 1.54) is 5.56 Å². The van der Waals surface area contributed by atoms with Gasteiger partial charge in [-0.1, -0.05) is 12.1 Å². The maximum atomic E-state index is 10.3. The van der Waals surface area contributed by atoms with E-state index in [1.807, 2.05) is 19.2 Å². The fourth-order valence-electron chi connectivity index (χ4n) is 1.92. The molecule has 0 saturated heterocycles. The van der Waals surface area contributed by atoms with Gasteiger partial charge in [-0.05, 0) is 57.4 Å². The Labute approximate surface area is 121 Å². The van der Waals surface area contributed by atoms with Crippen LogP contribution >= 0.6 is 0 Å². The molecule has 0 aromatic heterocycles. The molecule has 0 aliphatic heterocycles. The van der Waals surface area contributed by atoms with Crippen molar-refractivity contribution >= 4 is 5.97 Å². The first-order valence-corrected chi connectivity index (χ1v) is 7.22. The van der Waals surface area contributed by atoms with E-state index in [9.17, 15) is 4.79 Å². The number of likely N-dealkylation sites (N-methyl/N-ethyl adjacent to an activating group) is 1. The van der Waals surface area contributed by atoms with Crippen molar-refractivity contribution in [2.75, 3.05) is 13.7 Å². The molecule has 1 atom stereocenters. The minimum atomic E-state index is -0.725. The highest BCUT2D eigenvalue weighted by Crippen LogP contribution is 2.14. The van der Waals surface area contributed by atoms with Crippen LogP contribution < -0.4 is 10.1 Å². The van der Waals surface area contributed by atoms with Crippen LogP contribution in [0.2, 0.25) is 0 Å². The molecular formula is C16H25NO3. The molecule has 20 heavy (non-hydrogen) atoms. The molecule has 1 aromatic carbocycles. The Morgan fingerprint density at radius 1 is 1.25 bits per heavy atom. The van der Waals surface area contributed by atoms with Crippen LogP contribution in [0.25, 0.3) is 0 Å². The molecule has 1 aromatic rings. The third-order valence-electron chi connectivity index (χ3n) is 3.26. The average Bonchev–Trinajstić information content (AvgIpc) is 2.44. The molecule has 0 aliphatic carbocycles. The lowest BCUT2D eigenvalue weighted by molar-refractivity contribution is -0.137. The Hall–Kier alpha value is -1.55. The zero-order valence-corrected chi connectivity index (χ0v) is 12.4. The topological polar surface area (TPSA) is 58.6 Å². The van der Waals surface area contributed by atoms with Gasteiger partial charge in [-0.15, -0.1) is 0 Å². The van der Waals surface area contributed by atoms with Crippen LogP contribution in [0.1, 0.15) is 38.2 Å². The Balaban J connectivity index is 2.19. The van der Waals surface area contributed by atoms with Crippen LogP contribution in [-0.4, -0.2) is 30.8 Å². The number of nitrogens with one attached hydrogen (secondary N) is 1. The number of rotatable bonds is 10. The van der Waals surface area contributed by atoms with Crippen molar-refractivity contribution in [1.82, 2.24) is 5.32 Å². The van der Waals surface area contributed by atoms with E-state index in [4.69, 9.17) is 9.84 Å². The van der Waals surface area contributed by atoms with E-state index in [0.717, 1.165) is 31.4 Å². The van der Waals surface area contributed by atoms with Crippen molar-refractivity contribution in [3.63, 3.8) is 0 Å². The van der Waals surface area contributed by atoms with E-state index in [1.54, 1.807) is 0 Å². The van der Waals surface area contributed by atoms with Crippen molar-refractivity contribution in [3.05, 3.63) is 29.8 Å². The summed E-state index contributed by atoms with van der Waals surface area (Å²) < 4.78 is 5.64. The minimum absolute atomic E-state index is 0.248. The van der Waals surface area contributed by atoms with Gasteiger partial charge in [0, 0.05) is 12.5 Å². The molecular weight excluding hydrogens is 254 g/mol. The highest BCUT2D eigenvalue weighted by molar-refractivity contribution is 5.66. The summed E-state index contributed by atoms with van der Waals surface area (Å²) in [5.74, 6) is 0.154. The van der Waals surface area contributed by atoms with Crippen LogP contribution in [0.3, 0.4) is 0 Å². The quantitative estimate of drug-likeness (QED) is 0.647. The monoisotopic (exact) mass is 279 g/mol. The molecule has 2 N–H and O–H groups in total. The number of hydrogen-bond acceptors (Lipinski definition) is 3. The molecule has 0 radical (unpaired) electrons. The Morgan fingerprint density at radius 3 is 2.55 bits per heavy atom. The average molecular weight is 279 g/mol. The first-order valence-electron chi connectivity index (χ1n) is 7.22. The van der Waals surface area contributed by atoms with Gasteiger partial charge < -0.3 is 15.2 Å². The predicted molar refractivity (Wildman–Crippen MR) is 80.3 cm³/mol. The molecule has 0 aliphatic rings. The van der Waals surface area contributed by atoms with Gasteiger partial charge in [-0.2, -0.15) is 0 Å². The normalized spacial score (nSPS) is 12.1. The lowest BCUT2D eigenvalue weighted by atomic mass is 10.1. The van der Waals surface area contributed by atoms with Gasteiger partial charge in [0.1, 0.15) is 5.75 Å². The minimum Gasteiger partial charge on any atom is -0.494 e.